The molecule has 0 saturated heterocycles. The van der Waals surface area contributed by atoms with E-state index >= 15 is 0 Å². The number of nitrogens with two attached hydrogens (primary N) is 1. The Bertz CT molecular complexity index is 591. The summed E-state index contributed by atoms with van der Waals surface area (Å²) < 4.78 is 42.8. The monoisotopic (exact) mass is 281 g/mol. The molecular formula is C15H14F3NO. The van der Waals surface area contributed by atoms with Gasteiger partial charge in [-0.25, -0.2) is 0 Å². The molecule has 0 unspecified atom stereocenters. The minimum atomic E-state index is -4.32. The van der Waals surface area contributed by atoms with Gasteiger partial charge in [0.15, 0.2) is 0 Å². The van der Waals surface area contributed by atoms with Crippen molar-refractivity contribution < 1.29 is 17.9 Å². The largest absolute Gasteiger partial charge is 0.489 e. The van der Waals surface area contributed by atoms with Gasteiger partial charge in [0.2, 0.25) is 0 Å². The molecule has 0 saturated carbocycles. The van der Waals surface area contributed by atoms with Crippen LogP contribution in [0.3, 0.4) is 0 Å². The lowest BCUT2D eigenvalue weighted by molar-refractivity contribution is -0.137. The van der Waals surface area contributed by atoms with Crippen molar-refractivity contribution in [3.63, 3.8) is 0 Å². The van der Waals surface area contributed by atoms with Gasteiger partial charge < -0.3 is 10.5 Å². The van der Waals surface area contributed by atoms with Crippen molar-refractivity contribution in [3.8, 4) is 5.75 Å². The van der Waals surface area contributed by atoms with E-state index in [1.165, 1.54) is 12.1 Å². The summed E-state index contributed by atoms with van der Waals surface area (Å²) >= 11 is 0. The van der Waals surface area contributed by atoms with Crippen molar-refractivity contribution in [1.29, 1.82) is 0 Å². The standard InChI is InChI=1S/C15H14F3NO/c1-10-2-7-13(19)8-14(10)20-9-11-3-5-12(6-4-11)15(16,17)18/h2-8H,9,19H2,1H3. The molecule has 2 N–H and O–H groups in total. The molecule has 0 atom stereocenters. The topological polar surface area (TPSA) is 35.2 Å². The highest BCUT2D eigenvalue weighted by atomic mass is 19.4. The van der Waals surface area contributed by atoms with Gasteiger partial charge >= 0.3 is 6.18 Å². The molecule has 0 aliphatic carbocycles. The van der Waals surface area contributed by atoms with Crippen molar-refractivity contribution >= 4 is 5.69 Å². The maximum atomic E-state index is 12.4. The summed E-state index contributed by atoms with van der Waals surface area (Å²) in [6.45, 7) is 2.07. The van der Waals surface area contributed by atoms with Crippen LogP contribution < -0.4 is 10.5 Å². The highest BCUT2D eigenvalue weighted by Crippen LogP contribution is 2.29. The van der Waals surface area contributed by atoms with Crippen LogP contribution in [0.5, 0.6) is 5.75 Å². The molecule has 0 aromatic heterocycles. The van der Waals surface area contributed by atoms with E-state index in [-0.39, 0.29) is 6.61 Å². The second-order valence-electron chi connectivity index (χ2n) is 4.51. The molecule has 0 aliphatic heterocycles. The van der Waals surface area contributed by atoms with E-state index < -0.39 is 11.7 Å². The Morgan fingerprint density at radius 3 is 2.30 bits per heavy atom. The Morgan fingerprint density at radius 2 is 1.70 bits per heavy atom. The number of alkyl halides is 3. The van der Waals surface area contributed by atoms with Crippen molar-refractivity contribution in [1.82, 2.24) is 0 Å². The van der Waals surface area contributed by atoms with E-state index in [0.29, 0.717) is 17.0 Å². The average Bonchev–Trinajstić information content (AvgIpc) is 2.39. The molecule has 2 rings (SSSR count). The molecule has 0 amide bonds. The van der Waals surface area contributed by atoms with Gasteiger partial charge in [-0.2, -0.15) is 13.2 Å². The van der Waals surface area contributed by atoms with Crippen LogP contribution >= 0.6 is 0 Å². The summed E-state index contributed by atoms with van der Waals surface area (Å²) in [4.78, 5) is 0. The molecule has 106 valence electrons. The third-order valence-corrected chi connectivity index (χ3v) is 2.89. The van der Waals surface area contributed by atoms with Gasteiger partial charge in [0.25, 0.3) is 0 Å². The molecule has 2 aromatic carbocycles. The van der Waals surface area contributed by atoms with Gasteiger partial charge in [-0.05, 0) is 36.2 Å². The van der Waals surface area contributed by atoms with Gasteiger partial charge in [0.1, 0.15) is 12.4 Å². The number of benzene rings is 2. The zero-order chi connectivity index (χ0) is 14.8. The van der Waals surface area contributed by atoms with Crippen LogP contribution in [0.4, 0.5) is 18.9 Å². The van der Waals surface area contributed by atoms with E-state index in [1.807, 2.05) is 13.0 Å². The predicted molar refractivity (Wildman–Crippen MR) is 71.4 cm³/mol. The first-order valence-corrected chi connectivity index (χ1v) is 6.01. The number of ether oxygens (including phenoxy) is 1. The number of rotatable bonds is 3. The first-order valence-electron chi connectivity index (χ1n) is 6.01. The van der Waals surface area contributed by atoms with Gasteiger partial charge in [0.05, 0.1) is 5.56 Å². The van der Waals surface area contributed by atoms with Crippen LogP contribution in [0.25, 0.3) is 0 Å². The summed E-state index contributed by atoms with van der Waals surface area (Å²) in [5.41, 5.74) is 7.16. The molecular weight excluding hydrogens is 267 g/mol. The van der Waals surface area contributed by atoms with Gasteiger partial charge in [-0.15, -0.1) is 0 Å². The summed E-state index contributed by atoms with van der Waals surface area (Å²) in [6.07, 6.45) is -4.32. The summed E-state index contributed by atoms with van der Waals surface area (Å²) in [5, 5.41) is 0. The lowest BCUT2D eigenvalue weighted by atomic mass is 10.1. The van der Waals surface area contributed by atoms with E-state index in [1.54, 1.807) is 12.1 Å². The van der Waals surface area contributed by atoms with E-state index in [4.69, 9.17) is 10.5 Å². The van der Waals surface area contributed by atoms with Crippen LogP contribution in [-0.2, 0) is 12.8 Å². The molecule has 2 aromatic rings. The number of hydrogen-bond donors (Lipinski definition) is 1. The Morgan fingerprint density at radius 1 is 1.05 bits per heavy atom. The third kappa shape index (κ3) is 3.44. The van der Waals surface area contributed by atoms with Crippen LogP contribution in [-0.4, -0.2) is 0 Å². The first kappa shape index (κ1) is 14.2. The maximum absolute atomic E-state index is 12.4. The Kier molecular flexibility index (Phi) is 3.88. The summed E-state index contributed by atoms with van der Waals surface area (Å²) in [5.74, 6) is 0.630. The molecule has 2 nitrogen and oxygen atoms in total. The molecule has 0 radical (unpaired) electrons. The average molecular weight is 281 g/mol. The van der Waals surface area contributed by atoms with Crippen molar-refractivity contribution in [2.24, 2.45) is 0 Å². The molecule has 0 spiro atoms. The highest BCUT2D eigenvalue weighted by Gasteiger charge is 2.29. The number of halogens is 3. The maximum Gasteiger partial charge on any atom is 0.416 e. The first-order chi connectivity index (χ1) is 9.36. The zero-order valence-corrected chi connectivity index (χ0v) is 10.9. The van der Waals surface area contributed by atoms with Crippen molar-refractivity contribution in [2.45, 2.75) is 19.7 Å². The van der Waals surface area contributed by atoms with Gasteiger partial charge in [0, 0.05) is 11.8 Å². The zero-order valence-electron chi connectivity index (χ0n) is 10.9. The lowest BCUT2D eigenvalue weighted by Crippen LogP contribution is -2.05. The van der Waals surface area contributed by atoms with Crippen LogP contribution in [0, 0.1) is 6.92 Å². The molecule has 5 heteroatoms. The molecule has 0 bridgehead atoms. The summed E-state index contributed by atoms with van der Waals surface area (Å²) in [6, 6.07) is 10.2. The van der Waals surface area contributed by atoms with E-state index in [9.17, 15) is 13.2 Å². The lowest BCUT2D eigenvalue weighted by Gasteiger charge is -2.11. The third-order valence-electron chi connectivity index (χ3n) is 2.89. The normalized spacial score (nSPS) is 11.4. The fourth-order valence-electron chi connectivity index (χ4n) is 1.72. The second-order valence-corrected chi connectivity index (χ2v) is 4.51. The van der Waals surface area contributed by atoms with Gasteiger partial charge in [-0.3, -0.25) is 0 Å². The van der Waals surface area contributed by atoms with Crippen LogP contribution in [0.2, 0.25) is 0 Å². The SMILES string of the molecule is Cc1ccc(N)cc1OCc1ccc(C(F)(F)F)cc1. The fraction of sp³-hybridized carbons (Fsp3) is 0.200. The number of hydrogen-bond acceptors (Lipinski definition) is 2. The van der Waals surface area contributed by atoms with E-state index in [0.717, 1.165) is 17.7 Å². The van der Waals surface area contributed by atoms with E-state index in [2.05, 4.69) is 0 Å². The minimum absolute atomic E-state index is 0.197. The van der Waals surface area contributed by atoms with Crippen LogP contribution in [0.1, 0.15) is 16.7 Å². The smallest absolute Gasteiger partial charge is 0.416 e. The Balaban J connectivity index is 2.06. The Hall–Kier alpha value is -2.17. The second kappa shape index (κ2) is 5.45. The molecule has 20 heavy (non-hydrogen) atoms. The van der Waals surface area contributed by atoms with Crippen molar-refractivity contribution in [2.75, 3.05) is 5.73 Å². The number of aryl methyl sites for hydroxylation is 1. The quantitative estimate of drug-likeness (QED) is 0.857. The van der Waals surface area contributed by atoms with Crippen LogP contribution in [0.15, 0.2) is 42.5 Å². The minimum Gasteiger partial charge on any atom is -0.489 e. The van der Waals surface area contributed by atoms with Crippen molar-refractivity contribution in [3.05, 3.63) is 59.2 Å². The van der Waals surface area contributed by atoms with Gasteiger partial charge in [-0.1, -0.05) is 18.2 Å². The molecule has 0 heterocycles. The highest BCUT2D eigenvalue weighted by molar-refractivity contribution is 5.48. The number of anilines is 1. The summed E-state index contributed by atoms with van der Waals surface area (Å²) in [7, 11) is 0. The predicted octanol–water partition coefficient (Wildman–Crippen LogP) is 4.18. The fourth-order valence-corrected chi connectivity index (χ4v) is 1.72. The Labute approximate surface area is 115 Å². The molecule has 0 aliphatic rings. The molecule has 0 fully saturated rings. The number of nitrogen functional groups attached to an aromatic ring is 1.